The van der Waals surface area contributed by atoms with Gasteiger partial charge in [0.25, 0.3) is 5.91 Å². The number of amides is 2. The van der Waals surface area contributed by atoms with E-state index < -0.39 is 11.7 Å². The van der Waals surface area contributed by atoms with Crippen molar-refractivity contribution in [2.24, 2.45) is 0 Å². The fraction of sp³-hybridized carbons (Fsp3) is 0.211. The average Bonchev–Trinajstić information content (AvgIpc) is 3.06. The van der Waals surface area contributed by atoms with Crippen LogP contribution < -0.4 is 10.6 Å². The van der Waals surface area contributed by atoms with Crippen LogP contribution in [0.2, 0.25) is 0 Å². The van der Waals surface area contributed by atoms with Gasteiger partial charge >= 0.3 is 0 Å². The highest BCUT2D eigenvalue weighted by molar-refractivity contribution is 7.18. The molecular weight excluding hydrogens is 353 g/mol. The van der Waals surface area contributed by atoms with Crippen molar-refractivity contribution in [2.75, 3.05) is 13.1 Å². The lowest BCUT2D eigenvalue weighted by molar-refractivity contribution is -0.120. The Kier molecular flexibility index (Phi) is 5.91. The van der Waals surface area contributed by atoms with E-state index in [-0.39, 0.29) is 18.0 Å². The Labute approximate surface area is 154 Å². The topological polar surface area (TPSA) is 71.1 Å². The Bertz CT molecular complexity index is 893. The lowest BCUT2D eigenvalue weighted by Crippen LogP contribution is -2.37. The predicted octanol–water partition coefficient (Wildman–Crippen LogP) is 2.91. The molecule has 134 valence electrons. The van der Waals surface area contributed by atoms with E-state index >= 15 is 0 Å². The van der Waals surface area contributed by atoms with Crippen molar-refractivity contribution in [3.63, 3.8) is 0 Å². The van der Waals surface area contributed by atoms with Crippen molar-refractivity contribution in [3.8, 4) is 0 Å². The number of rotatable bonds is 7. The van der Waals surface area contributed by atoms with Gasteiger partial charge in [-0.15, -0.1) is 11.3 Å². The number of aromatic nitrogens is 1. The first-order valence-corrected chi connectivity index (χ1v) is 9.09. The van der Waals surface area contributed by atoms with Crippen LogP contribution in [-0.4, -0.2) is 29.9 Å². The molecule has 2 aromatic carbocycles. The summed E-state index contributed by atoms with van der Waals surface area (Å²) in [5, 5.41) is 6.19. The lowest BCUT2D eigenvalue weighted by atomic mass is 10.2. The SMILES string of the molecule is O=C(CNC(=O)c1ccccc1F)NCCCc1nc2ccccc2s1. The molecule has 1 heterocycles. The lowest BCUT2D eigenvalue weighted by Gasteiger charge is -2.07. The third kappa shape index (κ3) is 4.64. The molecule has 26 heavy (non-hydrogen) atoms. The van der Waals surface area contributed by atoms with Gasteiger partial charge in [-0.25, -0.2) is 9.37 Å². The largest absolute Gasteiger partial charge is 0.355 e. The first kappa shape index (κ1) is 18.0. The molecule has 7 heteroatoms. The number of halogens is 1. The van der Waals surface area contributed by atoms with Crippen LogP contribution in [-0.2, 0) is 11.2 Å². The highest BCUT2D eigenvalue weighted by Gasteiger charge is 2.11. The van der Waals surface area contributed by atoms with Gasteiger partial charge in [-0.05, 0) is 30.7 Å². The predicted molar refractivity (Wildman–Crippen MR) is 99.7 cm³/mol. The van der Waals surface area contributed by atoms with Gasteiger partial charge < -0.3 is 10.6 Å². The molecule has 0 atom stereocenters. The van der Waals surface area contributed by atoms with Crippen molar-refractivity contribution in [1.29, 1.82) is 0 Å². The molecule has 0 saturated carbocycles. The Morgan fingerprint density at radius 1 is 1.04 bits per heavy atom. The van der Waals surface area contributed by atoms with Crippen molar-refractivity contribution in [2.45, 2.75) is 12.8 Å². The molecule has 0 aliphatic rings. The van der Waals surface area contributed by atoms with E-state index in [0.717, 1.165) is 28.1 Å². The first-order valence-electron chi connectivity index (χ1n) is 8.27. The number of fused-ring (bicyclic) bond motifs is 1. The van der Waals surface area contributed by atoms with E-state index in [4.69, 9.17) is 0 Å². The van der Waals surface area contributed by atoms with Crippen LogP contribution >= 0.6 is 11.3 Å². The zero-order chi connectivity index (χ0) is 18.4. The van der Waals surface area contributed by atoms with Crippen LogP contribution in [0.25, 0.3) is 10.2 Å². The minimum atomic E-state index is -0.610. The van der Waals surface area contributed by atoms with E-state index in [9.17, 15) is 14.0 Å². The molecule has 0 aliphatic carbocycles. The molecule has 0 aliphatic heterocycles. The molecule has 0 bridgehead atoms. The van der Waals surface area contributed by atoms with Crippen LogP contribution in [0, 0.1) is 5.82 Å². The van der Waals surface area contributed by atoms with E-state index in [2.05, 4.69) is 15.6 Å². The zero-order valence-corrected chi connectivity index (χ0v) is 14.8. The minimum absolute atomic E-state index is 0.0730. The number of hydrogen-bond donors (Lipinski definition) is 2. The molecule has 0 unspecified atom stereocenters. The van der Waals surface area contributed by atoms with Crippen molar-refractivity contribution < 1.29 is 14.0 Å². The quantitative estimate of drug-likeness (QED) is 0.628. The molecule has 0 saturated heterocycles. The van der Waals surface area contributed by atoms with E-state index in [1.807, 2.05) is 24.3 Å². The number of carbonyl (C=O) groups is 2. The minimum Gasteiger partial charge on any atom is -0.355 e. The van der Waals surface area contributed by atoms with Gasteiger partial charge in [0.15, 0.2) is 0 Å². The smallest absolute Gasteiger partial charge is 0.254 e. The molecule has 3 aromatic rings. The zero-order valence-electron chi connectivity index (χ0n) is 14.0. The van der Waals surface area contributed by atoms with Gasteiger partial charge in [0.05, 0.1) is 27.3 Å². The summed E-state index contributed by atoms with van der Waals surface area (Å²) in [7, 11) is 0. The maximum absolute atomic E-state index is 13.5. The van der Waals surface area contributed by atoms with Gasteiger partial charge in [-0.3, -0.25) is 9.59 Å². The maximum atomic E-state index is 13.5. The number of nitrogens with one attached hydrogen (secondary N) is 2. The highest BCUT2D eigenvalue weighted by Crippen LogP contribution is 2.22. The number of benzene rings is 2. The molecule has 2 N–H and O–H groups in total. The normalized spacial score (nSPS) is 10.7. The standard InChI is InChI=1S/C19H18FN3O2S/c20-14-7-2-1-6-13(14)19(25)22-12-17(24)21-11-5-10-18-23-15-8-3-4-9-16(15)26-18/h1-4,6-9H,5,10-12H2,(H,21,24)(H,22,25). The van der Waals surface area contributed by atoms with Crippen LogP contribution in [0.3, 0.4) is 0 Å². The molecule has 5 nitrogen and oxygen atoms in total. The first-order chi connectivity index (χ1) is 12.6. The van der Waals surface area contributed by atoms with Crippen LogP contribution in [0.15, 0.2) is 48.5 Å². The molecule has 0 spiro atoms. The fourth-order valence-corrected chi connectivity index (χ4v) is 3.47. The second-order valence-electron chi connectivity index (χ2n) is 5.69. The number of carbonyl (C=O) groups excluding carboxylic acids is 2. The van der Waals surface area contributed by atoms with Crippen LogP contribution in [0.4, 0.5) is 4.39 Å². The molecular formula is C19H18FN3O2S. The highest BCUT2D eigenvalue weighted by atomic mass is 32.1. The third-order valence-electron chi connectivity index (χ3n) is 3.76. The molecule has 1 aromatic heterocycles. The van der Waals surface area contributed by atoms with Gasteiger partial charge in [0.1, 0.15) is 5.82 Å². The molecule has 3 rings (SSSR count). The van der Waals surface area contributed by atoms with E-state index in [1.165, 1.54) is 18.2 Å². The summed E-state index contributed by atoms with van der Waals surface area (Å²) in [5.41, 5.74) is 0.920. The monoisotopic (exact) mass is 371 g/mol. The van der Waals surface area contributed by atoms with E-state index in [0.29, 0.717) is 6.54 Å². The van der Waals surface area contributed by atoms with Gasteiger partial charge in [-0.2, -0.15) is 0 Å². The van der Waals surface area contributed by atoms with Gasteiger partial charge in [-0.1, -0.05) is 24.3 Å². The summed E-state index contributed by atoms with van der Waals surface area (Å²) in [4.78, 5) is 28.2. The molecule has 0 radical (unpaired) electrons. The van der Waals surface area contributed by atoms with Crippen LogP contribution in [0.1, 0.15) is 21.8 Å². The third-order valence-corrected chi connectivity index (χ3v) is 4.85. The summed E-state index contributed by atoms with van der Waals surface area (Å²) in [5.74, 6) is -1.52. The van der Waals surface area contributed by atoms with Gasteiger partial charge in [0, 0.05) is 13.0 Å². The Morgan fingerprint density at radius 2 is 1.81 bits per heavy atom. The molecule has 0 fully saturated rings. The Hall–Kier alpha value is -2.80. The summed E-state index contributed by atoms with van der Waals surface area (Å²) < 4.78 is 14.6. The number of aryl methyl sites for hydroxylation is 1. The van der Waals surface area contributed by atoms with Crippen molar-refractivity contribution in [3.05, 3.63) is 64.9 Å². The van der Waals surface area contributed by atoms with Gasteiger partial charge in [0.2, 0.25) is 5.91 Å². The number of thiazole rings is 1. The Balaban J connectivity index is 1.37. The number of para-hydroxylation sites is 1. The average molecular weight is 371 g/mol. The maximum Gasteiger partial charge on any atom is 0.254 e. The second-order valence-corrected chi connectivity index (χ2v) is 6.81. The second kappa shape index (κ2) is 8.53. The number of hydrogen-bond acceptors (Lipinski definition) is 4. The Morgan fingerprint density at radius 3 is 2.62 bits per heavy atom. The van der Waals surface area contributed by atoms with Crippen molar-refractivity contribution in [1.82, 2.24) is 15.6 Å². The summed E-state index contributed by atoms with van der Waals surface area (Å²) in [6, 6.07) is 13.6. The summed E-state index contributed by atoms with van der Waals surface area (Å²) in [6.07, 6.45) is 1.54. The summed E-state index contributed by atoms with van der Waals surface area (Å²) in [6.45, 7) is 0.304. The fourth-order valence-electron chi connectivity index (χ4n) is 2.46. The van der Waals surface area contributed by atoms with E-state index in [1.54, 1.807) is 17.4 Å². The van der Waals surface area contributed by atoms with Crippen LogP contribution in [0.5, 0.6) is 0 Å². The summed E-state index contributed by atoms with van der Waals surface area (Å²) >= 11 is 1.65. The molecule has 2 amide bonds. The van der Waals surface area contributed by atoms with Crippen molar-refractivity contribution >= 4 is 33.4 Å². The number of nitrogens with zero attached hydrogens (tertiary/aromatic N) is 1.